The summed E-state index contributed by atoms with van der Waals surface area (Å²) in [4.78, 5) is 4.31. The Kier molecular flexibility index (Phi) is 7.59. The summed E-state index contributed by atoms with van der Waals surface area (Å²) in [5.74, 6) is 0.996. The zero-order valence-corrected chi connectivity index (χ0v) is 17.6. The van der Waals surface area contributed by atoms with Gasteiger partial charge in [0.25, 0.3) is 0 Å². The quantitative estimate of drug-likeness (QED) is 0.632. The molecule has 170 valence electrons. The SMILES string of the molecule is CCOc1ncccc1C1CCC(OC[C@@H]2NCC[C@@H]2NS(=O)(=O)C(F)(F)F)CC1. The molecule has 0 bridgehead atoms. The molecule has 1 saturated carbocycles. The van der Waals surface area contributed by atoms with Crippen LogP contribution in [-0.4, -0.2) is 56.9 Å². The molecule has 0 unspecified atom stereocenters. The number of ether oxygens (including phenoxy) is 2. The molecule has 1 aromatic rings. The fourth-order valence-electron chi connectivity index (χ4n) is 4.10. The van der Waals surface area contributed by atoms with E-state index in [1.165, 1.54) is 0 Å². The highest BCUT2D eigenvalue weighted by Crippen LogP contribution is 2.37. The van der Waals surface area contributed by atoms with Crippen LogP contribution in [0.25, 0.3) is 0 Å². The largest absolute Gasteiger partial charge is 0.511 e. The second-order valence-corrected chi connectivity index (χ2v) is 9.37. The van der Waals surface area contributed by atoms with Crippen molar-refractivity contribution >= 4 is 10.0 Å². The maximum absolute atomic E-state index is 12.6. The van der Waals surface area contributed by atoms with Gasteiger partial charge in [-0.3, -0.25) is 0 Å². The highest BCUT2D eigenvalue weighted by atomic mass is 32.2. The molecule has 1 saturated heterocycles. The second-order valence-electron chi connectivity index (χ2n) is 7.66. The van der Waals surface area contributed by atoms with Crippen molar-refractivity contribution < 1.29 is 31.1 Å². The van der Waals surface area contributed by atoms with E-state index in [0.717, 1.165) is 31.2 Å². The average Bonchev–Trinajstić information content (AvgIpc) is 3.13. The van der Waals surface area contributed by atoms with E-state index in [0.29, 0.717) is 24.9 Å². The first-order valence-electron chi connectivity index (χ1n) is 10.2. The minimum absolute atomic E-state index is 0.00395. The van der Waals surface area contributed by atoms with E-state index >= 15 is 0 Å². The summed E-state index contributed by atoms with van der Waals surface area (Å²) < 4.78 is 74.0. The third-order valence-electron chi connectivity index (χ3n) is 5.67. The number of rotatable bonds is 8. The smallest absolute Gasteiger partial charge is 0.478 e. The topological polar surface area (TPSA) is 89.6 Å². The van der Waals surface area contributed by atoms with Gasteiger partial charge in [0.05, 0.1) is 19.3 Å². The van der Waals surface area contributed by atoms with Gasteiger partial charge in [-0.15, -0.1) is 0 Å². The van der Waals surface area contributed by atoms with Crippen LogP contribution in [0.3, 0.4) is 0 Å². The third kappa shape index (κ3) is 5.63. The Bertz CT molecular complexity index is 798. The number of hydrogen-bond acceptors (Lipinski definition) is 6. The molecule has 0 amide bonds. The molecule has 30 heavy (non-hydrogen) atoms. The van der Waals surface area contributed by atoms with Gasteiger partial charge >= 0.3 is 15.5 Å². The maximum Gasteiger partial charge on any atom is 0.511 e. The van der Waals surface area contributed by atoms with Crippen molar-refractivity contribution in [1.82, 2.24) is 15.0 Å². The highest BCUT2D eigenvalue weighted by Gasteiger charge is 2.48. The van der Waals surface area contributed by atoms with Gasteiger partial charge in [0, 0.05) is 23.8 Å². The maximum atomic E-state index is 12.6. The number of halogens is 3. The lowest BCUT2D eigenvalue weighted by Crippen LogP contribution is -2.49. The molecule has 0 radical (unpaired) electrons. The van der Waals surface area contributed by atoms with Crippen LogP contribution in [-0.2, 0) is 14.8 Å². The summed E-state index contributed by atoms with van der Waals surface area (Å²) in [6.07, 6.45) is 5.43. The standard InChI is InChI=1S/C19H28F3N3O4S/c1-2-28-18-15(4-3-10-24-18)13-5-7-14(8-6-13)29-12-17-16(9-11-23-17)25-30(26,27)19(20,21)22/h3-4,10,13-14,16-17,23,25H,2,5-9,11-12H2,1H3/t13?,14?,16-,17-/m0/s1. The van der Waals surface area contributed by atoms with Gasteiger partial charge in [-0.2, -0.15) is 13.2 Å². The van der Waals surface area contributed by atoms with Crippen molar-refractivity contribution in [2.75, 3.05) is 19.8 Å². The molecule has 2 N–H and O–H groups in total. The summed E-state index contributed by atoms with van der Waals surface area (Å²) in [6, 6.07) is 2.61. The van der Waals surface area contributed by atoms with Crippen LogP contribution in [0.2, 0.25) is 0 Å². The Morgan fingerprint density at radius 1 is 1.23 bits per heavy atom. The van der Waals surface area contributed by atoms with Crippen molar-refractivity contribution in [3.63, 3.8) is 0 Å². The molecule has 0 spiro atoms. The summed E-state index contributed by atoms with van der Waals surface area (Å²) in [5, 5.41) is 3.03. The Morgan fingerprint density at radius 3 is 2.63 bits per heavy atom. The first-order chi connectivity index (χ1) is 14.2. The van der Waals surface area contributed by atoms with Gasteiger partial charge in [0.15, 0.2) is 0 Å². The monoisotopic (exact) mass is 451 g/mol. The van der Waals surface area contributed by atoms with E-state index in [1.54, 1.807) is 10.9 Å². The average molecular weight is 452 g/mol. The van der Waals surface area contributed by atoms with E-state index < -0.39 is 27.6 Å². The minimum atomic E-state index is -5.37. The summed E-state index contributed by atoms with van der Waals surface area (Å²) in [7, 11) is -5.37. The fraction of sp³-hybridized carbons (Fsp3) is 0.737. The lowest BCUT2D eigenvalue weighted by atomic mass is 9.83. The normalized spacial score (nSPS) is 27.9. The Hall–Kier alpha value is -1.43. The first-order valence-corrected chi connectivity index (χ1v) is 11.7. The van der Waals surface area contributed by atoms with Crippen molar-refractivity contribution in [1.29, 1.82) is 0 Å². The zero-order chi connectivity index (χ0) is 21.8. The molecule has 11 heteroatoms. The van der Waals surface area contributed by atoms with Crippen LogP contribution in [0.5, 0.6) is 5.88 Å². The highest BCUT2D eigenvalue weighted by molar-refractivity contribution is 7.90. The molecule has 2 heterocycles. The molecule has 3 rings (SSSR count). The van der Waals surface area contributed by atoms with Crippen molar-refractivity contribution in [2.45, 2.75) is 68.6 Å². The molecule has 2 atom stereocenters. The van der Waals surface area contributed by atoms with E-state index in [1.807, 2.05) is 19.1 Å². The predicted molar refractivity (Wildman–Crippen MR) is 105 cm³/mol. The number of alkyl halides is 3. The van der Waals surface area contributed by atoms with Crippen molar-refractivity contribution in [3.05, 3.63) is 23.9 Å². The van der Waals surface area contributed by atoms with E-state index in [-0.39, 0.29) is 19.1 Å². The zero-order valence-electron chi connectivity index (χ0n) is 16.8. The molecule has 1 aromatic heterocycles. The minimum Gasteiger partial charge on any atom is -0.478 e. The summed E-state index contributed by atoms with van der Waals surface area (Å²) >= 11 is 0. The second kappa shape index (κ2) is 9.80. The molecule has 7 nitrogen and oxygen atoms in total. The molecule has 1 aliphatic carbocycles. The van der Waals surface area contributed by atoms with Gasteiger partial charge < -0.3 is 14.8 Å². The number of nitrogens with one attached hydrogen (secondary N) is 2. The van der Waals surface area contributed by atoms with Crippen LogP contribution in [0, 0.1) is 0 Å². The van der Waals surface area contributed by atoms with E-state index in [9.17, 15) is 21.6 Å². The van der Waals surface area contributed by atoms with Gasteiger partial charge in [0.2, 0.25) is 5.88 Å². The van der Waals surface area contributed by atoms with Crippen LogP contribution >= 0.6 is 0 Å². The number of pyridine rings is 1. The van der Waals surface area contributed by atoms with Crippen molar-refractivity contribution in [2.24, 2.45) is 0 Å². The lowest BCUT2D eigenvalue weighted by Gasteiger charge is -2.31. The molecule has 1 aliphatic heterocycles. The fourth-order valence-corrected chi connectivity index (χ4v) is 4.92. The Balaban J connectivity index is 1.49. The van der Waals surface area contributed by atoms with Gasteiger partial charge in [0.1, 0.15) is 0 Å². The molecular weight excluding hydrogens is 423 g/mol. The van der Waals surface area contributed by atoms with Crippen molar-refractivity contribution in [3.8, 4) is 5.88 Å². The number of sulfonamides is 1. The third-order valence-corrected chi connectivity index (χ3v) is 6.89. The lowest BCUT2D eigenvalue weighted by molar-refractivity contribution is -0.0454. The first kappa shape index (κ1) is 23.2. The van der Waals surface area contributed by atoms with Crippen LogP contribution in [0.1, 0.15) is 50.5 Å². The van der Waals surface area contributed by atoms with Gasteiger partial charge in [-0.25, -0.2) is 18.1 Å². The predicted octanol–water partition coefficient (Wildman–Crippen LogP) is 2.69. The summed E-state index contributed by atoms with van der Waals surface area (Å²) in [6.45, 7) is 3.07. The number of hydrogen-bond donors (Lipinski definition) is 2. The molecular formula is C19H28F3N3O4S. The summed E-state index contributed by atoms with van der Waals surface area (Å²) in [5.41, 5.74) is -4.22. The number of nitrogens with zero attached hydrogens (tertiary/aromatic N) is 1. The number of aromatic nitrogens is 1. The Morgan fingerprint density at radius 2 is 1.97 bits per heavy atom. The molecule has 2 fully saturated rings. The van der Waals surface area contributed by atoms with E-state index in [2.05, 4.69) is 10.3 Å². The van der Waals surface area contributed by atoms with Gasteiger partial charge in [-0.1, -0.05) is 6.07 Å². The Labute approximate surface area is 174 Å². The van der Waals surface area contributed by atoms with E-state index in [4.69, 9.17) is 9.47 Å². The van der Waals surface area contributed by atoms with Crippen LogP contribution < -0.4 is 14.8 Å². The van der Waals surface area contributed by atoms with Gasteiger partial charge in [-0.05, 0) is 57.6 Å². The van der Waals surface area contributed by atoms with Crippen LogP contribution in [0.4, 0.5) is 13.2 Å². The van der Waals surface area contributed by atoms with Crippen LogP contribution in [0.15, 0.2) is 18.3 Å². The molecule has 0 aromatic carbocycles. The molecule has 2 aliphatic rings.